The molecule has 3 rings (SSSR count). The number of nitrogens with zero attached hydrogens (tertiary/aromatic N) is 1. The summed E-state index contributed by atoms with van der Waals surface area (Å²) in [5.74, 6) is -0.376. The summed E-state index contributed by atoms with van der Waals surface area (Å²) in [5, 5.41) is 0. The Morgan fingerprint density at radius 3 is 2.45 bits per heavy atom. The topological polar surface area (TPSA) is 58.6 Å². The van der Waals surface area contributed by atoms with Gasteiger partial charge in [0.25, 0.3) is 10.0 Å². The molecule has 29 heavy (non-hydrogen) atoms. The van der Waals surface area contributed by atoms with E-state index in [0.717, 1.165) is 30.3 Å². The van der Waals surface area contributed by atoms with Gasteiger partial charge in [-0.2, -0.15) is 13.2 Å². The van der Waals surface area contributed by atoms with E-state index in [4.69, 9.17) is 4.74 Å². The van der Waals surface area contributed by atoms with Gasteiger partial charge in [-0.25, -0.2) is 8.42 Å². The minimum absolute atomic E-state index is 0.0133. The summed E-state index contributed by atoms with van der Waals surface area (Å²) in [6.45, 7) is 4.75. The first kappa shape index (κ1) is 21.4. The van der Waals surface area contributed by atoms with Crippen LogP contribution in [0.2, 0.25) is 0 Å². The summed E-state index contributed by atoms with van der Waals surface area (Å²) in [6.07, 6.45) is -4.39. The van der Waals surface area contributed by atoms with Crippen LogP contribution in [-0.4, -0.2) is 39.6 Å². The van der Waals surface area contributed by atoms with Crippen molar-refractivity contribution < 1.29 is 26.3 Å². The van der Waals surface area contributed by atoms with E-state index in [2.05, 4.69) is 4.72 Å². The number of aryl methyl sites for hydroxylation is 2. The number of benzene rings is 2. The maximum atomic E-state index is 13.4. The lowest BCUT2D eigenvalue weighted by atomic mass is 10.1. The van der Waals surface area contributed by atoms with E-state index in [9.17, 15) is 21.6 Å². The van der Waals surface area contributed by atoms with Gasteiger partial charge in [0, 0.05) is 19.2 Å². The van der Waals surface area contributed by atoms with Gasteiger partial charge < -0.3 is 9.64 Å². The fourth-order valence-electron chi connectivity index (χ4n) is 3.40. The molecule has 9 heteroatoms. The van der Waals surface area contributed by atoms with E-state index in [0.29, 0.717) is 18.5 Å². The average Bonchev–Trinajstić information content (AvgIpc) is 2.98. The molecule has 2 aromatic carbocycles. The summed E-state index contributed by atoms with van der Waals surface area (Å²) < 4.78 is 73.6. The minimum Gasteiger partial charge on any atom is -0.488 e. The van der Waals surface area contributed by atoms with Crippen LogP contribution in [0.25, 0.3) is 0 Å². The van der Waals surface area contributed by atoms with Crippen molar-refractivity contribution in [3.8, 4) is 5.75 Å². The van der Waals surface area contributed by atoms with Gasteiger partial charge in [0.1, 0.15) is 11.9 Å². The van der Waals surface area contributed by atoms with Gasteiger partial charge in [-0.1, -0.05) is 17.7 Å². The molecular weight excluding hydrogens is 405 g/mol. The molecule has 0 aliphatic carbocycles. The maximum absolute atomic E-state index is 13.4. The first-order valence-electron chi connectivity index (χ1n) is 9.12. The van der Waals surface area contributed by atoms with Crippen molar-refractivity contribution in [1.29, 1.82) is 0 Å². The Balaban J connectivity index is 1.92. The Morgan fingerprint density at radius 2 is 1.86 bits per heavy atom. The predicted octanol–water partition coefficient (Wildman–Crippen LogP) is 4.21. The Labute approximate surface area is 168 Å². The van der Waals surface area contributed by atoms with Crippen LogP contribution in [0.15, 0.2) is 41.3 Å². The van der Waals surface area contributed by atoms with E-state index < -0.39 is 21.8 Å². The number of ether oxygens (including phenoxy) is 1. The van der Waals surface area contributed by atoms with Crippen LogP contribution in [0.3, 0.4) is 0 Å². The number of rotatable bonds is 5. The van der Waals surface area contributed by atoms with Gasteiger partial charge in [-0.15, -0.1) is 0 Å². The van der Waals surface area contributed by atoms with Crippen molar-refractivity contribution >= 4 is 15.7 Å². The number of hydrogen-bond acceptors (Lipinski definition) is 4. The summed E-state index contributed by atoms with van der Waals surface area (Å²) >= 11 is 0. The monoisotopic (exact) mass is 428 g/mol. The molecule has 1 aliphatic heterocycles. The highest BCUT2D eigenvalue weighted by Gasteiger charge is 2.36. The highest BCUT2D eigenvalue weighted by molar-refractivity contribution is 7.92. The van der Waals surface area contributed by atoms with Crippen LogP contribution >= 0.6 is 0 Å². The lowest BCUT2D eigenvalue weighted by Gasteiger charge is -2.20. The Kier molecular flexibility index (Phi) is 5.82. The summed E-state index contributed by atoms with van der Waals surface area (Å²) in [5.41, 5.74) is 0.545. The molecule has 2 aromatic rings. The number of likely N-dealkylation sites (tertiary alicyclic amines) is 1. The number of anilines is 1. The standard InChI is InChI=1S/C20H23F3N2O3S/c1-13-4-7-19(14(2)10-13)29(26,27)24-15-5-6-17(20(21,22)23)18(11-15)28-16-8-9-25(3)12-16/h4-7,10-11,16,24H,8-9,12H2,1-3H3/t16-/m1/s1. The van der Waals surface area contributed by atoms with E-state index >= 15 is 0 Å². The lowest BCUT2D eigenvalue weighted by Crippen LogP contribution is -2.23. The van der Waals surface area contributed by atoms with E-state index in [-0.39, 0.29) is 22.4 Å². The smallest absolute Gasteiger partial charge is 0.419 e. The average molecular weight is 428 g/mol. The van der Waals surface area contributed by atoms with Crippen molar-refractivity contribution in [2.24, 2.45) is 0 Å². The van der Waals surface area contributed by atoms with Crippen molar-refractivity contribution in [3.05, 3.63) is 53.1 Å². The third-order valence-electron chi connectivity index (χ3n) is 4.80. The van der Waals surface area contributed by atoms with Crippen LogP contribution < -0.4 is 9.46 Å². The molecule has 0 saturated carbocycles. The predicted molar refractivity (Wildman–Crippen MR) is 105 cm³/mol. The third kappa shape index (κ3) is 5.02. The number of halogens is 3. The Hall–Kier alpha value is -2.26. The molecule has 1 fully saturated rings. The zero-order chi connectivity index (χ0) is 21.4. The molecule has 1 atom stereocenters. The second kappa shape index (κ2) is 7.87. The van der Waals surface area contributed by atoms with E-state index in [1.54, 1.807) is 19.1 Å². The summed E-state index contributed by atoms with van der Waals surface area (Å²) in [7, 11) is -2.09. The van der Waals surface area contributed by atoms with Crippen LogP contribution in [-0.2, 0) is 16.2 Å². The normalized spacial score (nSPS) is 18.1. The van der Waals surface area contributed by atoms with Crippen molar-refractivity contribution in [2.45, 2.75) is 37.4 Å². The molecule has 1 aliphatic rings. The van der Waals surface area contributed by atoms with Crippen molar-refractivity contribution in [2.75, 3.05) is 24.9 Å². The highest BCUT2D eigenvalue weighted by atomic mass is 32.2. The van der Waals surface area contributed by atoms with Crippen molar-refractivity contribution in [1.82, 2.24) is 4.90 Å². The second-order valence-electron chi connectivity index (χ2n) is 7.37. The fourth-order valence-corrected chi connectivity index (χ4v) is 4.68. The van der Waals surface area contributed by atoms with Gasteiger partial charge in [-0.05, 0) is 51.1 Å². The maximum Gasteiger partial charge on any atom is 0.419 e. The largest absolute Gasteiger partial charge is 0.488 e. The van der Waals surface area contributed by atoms with Gasteiger partial charge in [0.05, 0.1) is 16.1 Å². The van der Waals surface area contributed by atoms with Crippen molar-refractivity contribution in [3.63, 3.8) is 0 Å². The molecule has 1 heterocycles. The van der Waals surface area contributed by atoms with E-state index in [1.165, 1.54) is 6.07 Å². The van der Waals surface area contributed by atoms with Crippen LogP contribution in [0.4, 0.5) is 18.9 Å². The van der Waals surface area contributed by atoms with Crippen LogP contribution in [0, 0.1) is 13.8 Å². The summed E-state index contributed by atoms with van der Waals surface area (Å²) in [6, 6.07) is 7.91. The second-order valence-corrected chi connectivity index (χ2v) is 9.02. The molecule has 5 nitrogen and oxygen atoms in total. The number of nitrogens with one attached hydrogen (secondary N) is 1. The lowest BCUT2D eigenvalue weighted by molar-refractivity contribution is -0.139. The van der Waals surface area contributed by atoms with Gasteiger partial charge in [-0.3, -0.25) is 4.72 Å². The molecule has 0 radical (unpaired) electrons. The molecule has 0 unspecified atom stereocenters. The molecular formula is C20H23F3N2O3S. The SMILES string of the molecule is Cc1ccc(S(=O)(=O)Nc2ccc(C(F)(F)F)c(O[C@@H]3CCN(C)C3)c2)c(C)c1. The van der Waals surface area contributed by atoms with E-state index in [1.807, 2.05) is 18.9 Å². The molecule has 1 N–H and O–H groups in total. The number of hydrogen-bond donors (Lipinski definition) is 1. The number of alkyl halides is 3. The fraction of sp³-hybridized carbons (Fsp3) is 0.400. The van der Waals surface area contributed by atoms with Crippen LogP contribution in [0.1, 0.15) is 23.1 Å². The zero-order valence-electron chi connectivity index (χ0n) is 16.4. The van der Waals surface area contributed by atoms with Gasteiger partial charge in [0.2, 0.25) is 0 Å². The third-order valence-corrected chi connectivity index (χ3v) is 6.34. The van der Waals surface area contributed by atoms with Gasteiger partial charge >= 0.3 is 6.18 Å². The molecule has 0 aromatic heterocycles. The molecule has 0 amide bonds. The number of likely N-dealkylation sites (N-methyl/N-ethyl adjacent to an activating group) is 1. The molecule has 1 saturated heterocycles. The first-order valence-corrected chi connectivity index (χ1v) is 10.6. The Morgan fingerprint density at radius 1 is 1.14 bits per heavy atom. The zero-order valence-corrected chi connectivity index (χ0v) is 17.2. The van der Waals surface area contributed by atoms with Crippen LogP contribution in [0.5, 0.6) is 5.75 Å². The number of sulfonamides is 1. The molecule has 158 valence electrons. The van der Waals surface area contributed by atoms with Gasteiger partial charge in [0.15, 0.2) is 0 Å². The molecule has 0 spiro atoms. The minimum atomic E-state index is -4.61. The Bertz CT molecular complexity index is 1010. The molecule has 0 bridgehead atoms. The highest BCUT2D eigenvalue weighted by Crippen LogP contribution is 2.39. The summed E-state index contributed by atoms with van der Waals surface area (Å²) in [4.78, 5) is 2.04. The first-order chi connectivity index (χ1) is 13.5. The quantitative estimate of drug-likeness (QED) is 0.775.